The van der Waals surface area contributed by atoms with Crippen molar-refractivity contribution in [3.8, 4) is 0 Å². The van der Waals surface area contributed by atoms with Gasteiger partial charge in [-0.15, -0.1) is 10.2 Å². The molecule has 0 radical (unpaired) electrons. The Hall–Kier alpha value is -1.11. The molecule has 84 valence electrons. The predicted octanol–water partition coefficient (Wildman–Crippen LogP) is 1.45. The first-order valence-corrected chi connectivity index (χ1v) is 5.85. The van der Waals surface area contributed by atoms with Crippen LogP contribution in [0, 0.1) is 10.1 Å². The summed E-state index contributed by atoms with van der Waals surface area (Å²) in [5.74, 6) is 0.442. The van der Waals surface area contributed by atoms with Gasteiger partial charge in [0.15, 0.2) is 5.16 Å². The van der Waals surface area contributed by atoms with Crippen LogP contribution in [0.1, 0.15) is 19.8 Å². The highest BCUT2D eigenvalue weighted by Gasteiger charge is 2.06. The molecule has 0 amide bonds. The lowest BCUT2D eigenvalue weighted by Gasteiger charge is -2.03. The highest BCUT2D eigenvalue weighted by Crippen LogP contribution is 2.14. The second-order valence-electron chi connectivity index (χ2n) is 3.07. The van der Waals surface area contributed by atoms with E-state index < -0.39 is 0 Å². The summed E-state index contributed by atoms with van der Waals surface area (Å²) in [6.45, 7) is 2.96. The zero-order valence-corrected chi connectivity index (χ0v) is 9.44. The lowest BCUT2D eigenvalue weighted by atomic mass is 10.3. The van der Waals surface area contributed by atoms with Crippen molar-refractivity contribution in [2.45, 2.75) is 31.5 Å². The Morgan fingerprint density at radius 1 is 1.67 bits per heavy atom. The van der Waals surface area contributed by atoms with Crippen LogP contribution in [0.4, 0.5) is 0 Å². The topological polar surface area (TPSA) is 73.8 Å². The molecule has 0 aliphatic carbocycles. The molecule has 1 rings (SSSR count). The molecule has 0 bridgehead atoms. The molecule has 0 N–H and O–H groups in total. The molecule has 0 atom stereocenters. The summed E-state index contributed by atoms with van der Waals surface area (Å²) in [6.07, 6.45) is 3.85. The minimum Gasteiger partial charge on any atom is -0.309 e. The fourth-order valence-electron chi connectivity index (χ4n) is 1.05. The van der Waals surface area contributed by atoms with E-state index in [0.29, 0.717) is 5.75 Å². The lowest BCUT2D eigenvalue weighted by Crippen LogP contribution is -2.05. The minimum absolute atomic E-state index is 0.0364. The van der Waals surface area contributed by atoms with Crippen LogP contribution >= 0.6 is 11.8 Å². The van der Waals surface area contributed by atoms with Crippen LogP contribution in [0.25, 0.3) is 0 Å². The van der Waals surface area contributed by atoms with Gasteiger partial charge < -0.3 is 4.57 Å². The fourth-order valence-corrected chi connectivity index (χ4v) is 1.88. The summed E-state index contributed by atoms with van der Waals surface area (Å²) in [5, 5.41) is 18.6. The Balaban J connectivity index is 2.39. The molecule has 0 saturated heterocycles. The van der Waals surface area contributed by atoms with Gasteiger partial charge in [0.05, 0.1) is 5.75 Å². The highest BCUT2D eigenvalue weighted by atomic mass is 32.2. The van der Waals surface area contributed by atoms with Crippen LogP contribution in [0.3, 0.4) is 0 Å². The molecular formula is C8H14N4O2S. The maximum Gasteiger partial charge on any atom is 0.213 e. The Bertz CT molecular complexity index is 315. The predicted molar refractivity (Wildman–Crippen MR) is 57.5 cm³/mol. The van der Waals surface area contributed by atoms with E-state index >= 15 is 0 Å². The number of thioether (sulfide) groups is 1. The maximum absolute atomic E-state index is 10.1. The first-order valence-electron chi connectivity index (χ1n) is 4.86. The van der Waals surface area contributed by atoms with Crippen LogP contribution in [-0.2, 0) is 6.54 Å². The molecule has 6 nitrogen and oxygen atoms in total. The number of hydrogen-bond donors (Lipinski definition) is 0. The van der Waals surface area contributed by atoms with Crippen molar-refractivity contribution in [1.29, 1.82) is 0 Å². The quantitative estimate of drug-likeness (QED) is 0.402. The molecule has 0 saturated carbocycles. The van der Waals surface area contributed by atoms with E-state index in [1.165, 1.54) is 11.8 Å². The molecule has 1 aromatic heterocycles. The summed E-state index contributed by atoms with van der Waals surface area (Å²) in [4.78, 5) is 9.81. The van der Waals surface area contributed by atoms with Crippen LogP contribution < -0.4 is 0 Å². The standard InChI is InChI=1S/C8H14N4O2S/c1-2-3-4-11-7-9-10-8(11)15-6-5-12(13)14/h7H,2-6H2,1H3. The summed E-state index contributed by atoms with van der Waals surface area (Å²) in [6, 6.07) is 0. The van der Waals surface area contributed by atoms with Gasteiger partial charge in [-0.25, -0.2) is 0 Å². The Morgan fingerprint density at radius 2 is 2.47 bits per heavy atom. The zero-order valence-electron chi connectivity index (χ0n) is 8.63. The van der Waals surface area contributed by atoms with E-state index in [2.05, 4.69) is 17.1 Å². The molecule has 15 heavy (non-hydrogen) atoms. The number of hydrogen-bond acceptors (Lipinski definition) is 5. The zero-order chi connectivity index (χ0) is 11.1. The van der Waals surface area contributed by atoms with Crippen molar-refractivity contribution in [1.82, 2.24) is 14.8 Å². The van der Waals surface area contributed by atoms with Gasteiger partial charge in [-0.2, -0.15) is 0 Å². The van der Waals surface area contributed by atoms with Gasteiger partial charge in [0.25, 0.3) is 0 Å². The van der Waals surface area contributed by atoms with E-state index in [0.717, 1.165) is 24.5 Å². The van der Waals surface area contributed by atoms with Crippen molar-refractivity contribution in [3.05, 3.63) is 16.4 Å². The van der Waals surface area contributed by atoms with Gasteiger partial charge >= 0.3 is 0 Å². The van der Waals surface area contributed by atoms with E-state index in [1.807, 2.05) is 4.57 Å². The smallest absolute Gasteiger partial charge is 0.213 e. The molecule has 0 aliphatic rings. The number of aryl methyl sites for hydroxylation is 1. The summed E-state index contributed by atoms with van der Waals surface area (Å²) in [5.41, 5.74) is 0. The van der Waals surface area contributed by atoms with Crippen molar-refractivity contribution in [2.24, 2.45) is 0 Å². The molecule has 0 fully saturated rings. The molecule has 0 unspecified atom stereocenters. The third-order valence-electron chi connectivity index (χ3n) is 1.84. The van der Waals surface area contributed by atoms with Crippen molar-refractivity contribution < 1.29 is 4.92 Å². The molecule has 1 aromatic rings. The van der Waals surface area contributed by atoms with Gasteiger partial charge in [0.2, 0.25) is 6.54 Å². The molecule has 7 heteroatoms. The number of nitro groups is 1. The van der Waals surface area contributed by atoms with E-state index in [1.54, 1.807) is 6.33 Å². The molecule has 0 spiro atoms. The van der Waals surface area contributed by atoms with Crippen LogP contribution in [0.5, 0.6) is 0 Å². The Kier molecular flexibility index (Phi) is 5.09. The van der Waals surface area contributed by atoms with Gasteiger partial charge in [0.1, 0.15) is 6.33 Å². The SMILES string of the molecule is CCCCn1cnnc1SCC[N+](=O)[O-]. The summed E-state index contributed by atoms with van der Waals surface area (Å²) in [7, 11) is 0. The first kappa shape index (κ1) is 12.0. The average molecular weight is 230 g/mol. The minimum atomic E-state index is -0.320. The highest BCUT2D eigenvalue weighted by molar-refractivity contribution is 7.99. The number of unbranched alkanes of at least 4 members (excludes halogenated alkanes) is 1. The van der Waals surface area contributed by atoms with Crippen LogP contribution in [0.15, 0.2) is 11.5 Å². The van der Waals surface area contributed by atoms with Crippen molar-refractivity contribution in [2.75, 3.05) is 12.3 Å². The monoisotopic (exact) mass is 230 g/mol. The fraction of sp³-hybridized carbons (Fsp3) is 0.750. The Morgan fingerprint density at radius 3 is 3.13 bits per heavy atom. The number of aromatic nitrogens is 3. The van der Waals surface area contributed by atoms with Crippen molar-refractivity contribution >= 4 is 11.8 Å². The maximum atomic E-state index is 10.1. The third-order valence-corrected chi connectivity index (χ3v) is 2.80. The second-order valence-corrected chi connectivity index (χ2v) is 4.13. The molecular weight excluding hydrogens is 216 g/mol. The third kappa shape index (κ3) is 4.28. The van der Waals surface area contributed by atoms with E-state index in [4.69, 9.17) is 0 Å². The summed E-state index contributed by atoms with van der Waals surface area (Å²) < 4.78 is 1.94. The first-order chi connectivity index (χ1) is 7.24. The largest absolute Gasteiger partial charge is 0.309 e. The Labute approximate surface area is 92.2 Å². The van der Waals surface area contributed by atoms with E-state index in [-0.39, 0.29) is 11.5 Å². The molecule has 0 aromatic carbocycles. The van der Waals surface area contributed by atoms with Gasteiger partial charge in [0, 0.05) is 11.5 Å². The van der Waals surface area contributed by atoms with Gasteiger partial charge in [-0.05, 0) is 6.42 Å². The number of nitrogens with zero attached hydrogens (tertiary/aromatic N) is 4. The van der Waals surface area contributed by atoms with Crippen LogP contribution in [0.2, 0.25) is 0 Å². The molecule has 1 heterocycles. The second kappa shape index (κ2) is 6.39. The average Bonchev–Trinajstić information content (AvgIpc) is 2.62. The van der Waals surface area contributed by atoms with Gasteiger partial charge in [-0.3, -0.25) is 10.1 Å². The van der Waals surface area contributed by atoms with Crippen molar-refractivity contribution in [3.63, 3.8) is 0 Å². The number of rotatable bonds is 7. The summed E-state index contributed by atoms with van der Waals surface area (Å²) >= 11 is 1.38. The molecule has 0 aliphatic heterocycles. The normalized spacial score (nSPS) is 10.5. The van der Waals surface area contributed by atoms with Gasteiger partial charge in [-0.1, -0.05) is 25.1 Å². The lowest BCUT2D eigenvalue weighted by molar-refractivity contribution is -0.474. The van der Waals surface area contributed by atoms with E-state index in [9.17, 15) is 10.1 Å². The van der Waals surface area contributed by atoms with Crippen LogP contribution in [-0.4, -0.2) is 32.0 Å².